The number of hydrogen-bond donors (Lipinski definition) is 4. The summed E-state index contributed by atoms with van der Waals surface area (Å²) in [5.74, 6) is -0.0303. The Labute approximate surface area is 314 Å². The Kier molecular flexibility index (Phi) is 14.8. The molecule has 0 bridgehead atoms. The van der Waals surface area contributed by atoms with Crippen molar-refractivity contribution in [1.29, 1.82) is 0 Å². The standard InChI is InChI=1S/C43H56N4O6/c1-8-51-38(52-9-2)27-36(35-21-15-19-32-18-13-14-20-34(32)35)46-39(48)37(26-30-22-24-33(25-23-30)53-42(3,4)5)47-40(49)43(6,7)29-45-41(50)44-28-31-16-11-10-12-17-31/h10-25,36-38H,8-9,26-29H2,1-7H3,(H,46,48)(H,47,49)(H2,44,45,50)/t36?,37-/m0/s1. The van der Waals surface area contributed by atoms with E-state index in [4.69, 9.17) is 14.2 Å². The van der Waals surface area contributed by atoms with E-state index < -0.39 is 29.8 Å². The zero-order valence-corrected chi connectivity index (χ0v) is 32.2. The molecule has 0 fully saturated rings. The third-order valence-electron chi connectivity index (χ3n) is 8.66. The van der Waals surface area contributed by atoms with Gasteiger partial charge in [-0.2, -0.15) is 0 Å². The number of rotatable bonds is 18. The van der Waals surface area contributed by atoms with Crippen molar-refractivity contribution < 1.29 is 28.6 Å². The lowest BCUT2D eigenvalue weighted by atomic mass is 9.91. The van der Waals surface area contributed by atoms with Crippen molar-refractivity contribution in [2.45, 2.75) is 91.8 Å². The molecule has 0 aliphatic carbocycles. The molecule has 10 nitrogen and oxygen atoms in total. The second kappa shape index (κ2) is 19.2. The largest absolute Gasteiger partial charge is 0.488 e. The van der Waals surface area contributed by atoms with Crippen LogP contribution in [-0.2, 0) is 32.0 Å². The first-order valence-corrected chi connectivity index (χ1v) is 18.4. The van der Waals surface area contributed by atoms with E-state index in [0.29, 0.717) is 31.9 Å². The lowest BCUT2D eigenvalue weighted by Gasteiger charge is -2.30. The van der Waals surface area contributed by atoms with Gasteiger partial charge in [-0.05, 0) is 88.1 Å². The van der Waals surface area contributed by atoms with E-state index in [-0.39, 0.29) is 30.4 Å². The monoisotopic (exact) mass is 724 g/mol. The average molecular weight is 725 g/mol. The number of carbonyl (C=O) groups excluding carboxylic acids is 3. The molecular formula is C43H56N4O6. The van der Waals surface area contributed by atoms with Crippen LogP contribution in [0, 0.1) is 5.41 Å². The minimum absolute atomic E-state index is 0.0512. The minimum Gasteiger partial charge on any atom is -0.488 e. The van der Waals surface area contributed by atoms with E-state index in [0.717, 1.165) is 27.5 Å². The number of urea groups is 1. The molecule has 0 spiro atoms. The normalized spacial score (nSPS) is 12.9. The number of ether oxygens (including phenoxy) is 3. The molecule has 53 heavy (non-hydrogen) atoms. The van der Waals surface area contributed by atoms with Gasteiger partial charge in [0.1, 0.15) is 17.4 Å². The van der Waals surface area contributed by atoms with Crippen molar-refractivity contribution in [2.24, 2.45) is 5.41 Å². The molecule has 0 aromatic heterocycles. The molecule has 0 saturated carbocycles. The van der Waals surface area contributed by atoms with Gasteiger partial charge in [-0.1, -0.05) is 84.9 Å². The molecule has 4 aromatic rings. The van der Waals surface area contributed by atoms with Gasteiger partial charge in [-0.15, -0.1) is 0 Å². The fraction of sp³-hybridized carbons (Fsp3) is 0.419. The Hall–Kier alpha value is -4.93. The summed E-state index contributed by atoms with van der Waals surface area (Å²) in [4.78, 5) is 41.0. The Balaban J connectivity index is 1.58. The Bertz CT molecular complexity index is 1760. The number of amides is 4. The summed E-state index contributed by atoms with van der Waals surface area (Å²) >= 11 is 0. The zero-order chi connectivity index (χ0) is 38.4. The highest BCUT2D eigenvalue weighted by Gasteiger charge is 2.33. The van der Waals surface area contributed by atoms with Gasteiger partial charge in [-0.3, -0.25) is 9.59 Å². The van der Waals surface area contributed by atoms with E-state index >= 15 is 0 Å². The second-order valence-electron chi connectivity index (χ2n) is 14.7. The SMILES string of the molecule is CCOC(CC(NC(=O)[C@H](Cc1ccc(OC(C)(C)C)cc1)NC(=O)C(C)(C)CNC(=O)NCc1ccccc1)c1cccc2ccccc12)OCC. The van der Waals surface area contributed by atoms with Crippen LogP contribution in [0.3, 0.4) is 0 Å². The van der Waals surface area contributed by atoms with Gasteiger partial charge in [0, 0.05) is 39.1 Å². The number of nitrogens with one attached hydrogen (secondary N) is 4. The van der Waals surface area contributed by atoms with Gasteiger partial charge in [0.15, 0.2) is 6.29 Å². The second-order valence-corrected chi connectivity index (χ2v) is 14.7. The van der Waals surface area contributed by atoms with E-state index in [1.54, 1.807) is 13.8 Å². The predicted octanol–water partition coefficient (Wildman–Crippen LogP) is 7.22. The number of fused-ring (bicyclic) bond motifs is 1. The third kappa shape index (κ3) is 12.9. The quantitative estimate of drug-likeness (QED) is 0.0804. The Morgan fingerprint density at radius 1 is 0.698 bits per heavy atom. The van der Waals surface area contributed by atoms with Gasteiger partial charge in [0.2, 0.25) is 11.8 Å². The smallest absolute Gasteiger partial charge is 0.315 e. The molecule has 4 aromatic carbocycles. The van der Waals surface area contributed by atoms with Crippen LogP contribution in [0.25, 0.3) is 10.8 Å². The number of hydrogen-bond acceptors (Lipinski definition) is 6. The maximum absolute atomic E-state index is 14.5. The van der Waals surface area contributed by atoms with Crippen LogP contribution in [0.5, 0.6) is 5.75 Å². The molecule has 284 valence electrons. The van der Waals surface area contributed by atoms with E-state index in [2.05, 4.69) is 21.3 Å². The van der Waals surface area contributed by atoms with Crippen LogP contribution in [-0.4, -0.2) is 55.5 Å². The van der Waals surface area contributed by atoms with Crippen LogP contribution in [0.15, 0.2) is 97.1 Å². The van der Waals surface area contributed by atoms with Crippen molar-refractivity contribution in [3.8, 4) is 5.75 Å². The minimum atomic E-state index is -1.04. The van der Waals surface area contributed by atoms with Crippen molar-refractivity contribution in [3.63, 3.8) is 0 Å². The fourth-order valence-corrected chi connectivity index (χ4v) is 5.91. The molecule has 10 heteroatoms. The van der Waals surface area contributed by atoms with Gasteiger partial charge < -0.3 is 35.5 Å². The molecule has 4 rings (SSSR count). The molecule has 1 unspecified atom stereocenters. The van der Waals surface area contributed by atoms with Gasteiger partial charge in [-0.25, -0.2) is 4.79 Å². The maximum atomic E-state index is 14.5. The summed E-state index contributed by atoms with van der Waals surface area (Å²) in [6, 6.07) is 29.3. The van der Waals surface area contributed by atoms with Crippen molar-refractivity contribution in [1.82, 2.24) is 21.3 Å². The number of benzene rings is 4. The first-order valence-electron chi connectivity index (χ1n) is 18.4. The first kappa shape index (κ1) is 40.8. The predicted molar refractivity (Wildman–Crippen MR) is 209 cm³/mol. The summed E-state index contributed by atoms with van der Waals surface area (Å²) in [5, 5.41) is 14.0. The van der Waals surface area contributed by atoms with Crippen LogP contribution in [0.1, 0.15) is 77.6 Å². The summed E-state index contributed by atoms with van der Waals surface area (Å²) < 4.78 is 17.9. The first-order chi connectivity index (χ1) is 25.3. The highest BCUT2D eigenvalue weighted by molar-refractivity contribution is 5.91. The summed E-state index contributed by atoms with van der Waals surface area (Å²) in [5.41, 5.74) is 1.30. The Morgan fingerprint density at radius 2 is 1.34 bits per heavy atom. The van der Waals surface area contributed by atoms with Crippen molar-refractivity contribution in [2.75, 3.05) is 19.8 Å². The van der Waals surface area contributed by atoms with E-state index in [9.17, 15) is 14.4 Å². The molecule has 4 amide bonds. The molecule has 0 radical (unpaired) electrons. The van der Waals surface area contributed by atoms with Crippen LogP contribution < -0.4 is 26.0 Å². The van der Waals surface area contributed by atoms with E-state index in [1.165, 1.54) is 0 Å². The molecule has 0 heterocycles. The maximum Gasteiger partial charge on any atom is 0.315 e. The summed E-state index contributed by atoms with van der Waals surface area (Å²) in [7, 11) is 0. The molecule has 2 atom stereocenters. The van der Waals surface area contributed by atoms with Crippen LogP contribution in [0.4, 0.5) is 4.79 Å². The molecule has 4 N–H and O–H groups in total. The summed E-state index contributed by atoms with van der Waals surface area (Å²) in [6.45, 7) is 14.5. The Morgan fingerprint density at radius 3 is 2.00 bits per heavy atom. The third-order valence-corrected chi connectivity index (χ3v) is 8.66. The fourth-order valence-electron chi connectivity index (χ4n) is 5.91. The van der Waals surface area contributed by atoms with Gasteiger partial charge in [0.25, 0.3) is 0 Å². The molecule has 0 saturated heterocycles. The van der Waals surface area contributed by atoms with Crippen molar-refractivity contribution >= 4 is 28.6 Å². The molecular weight excluding hydrogens is 668 g/mol. The van der Waals surface area contributed by atoms with Crippen LogP contribution in [0.2, 0.25) is 0 Å². The molecule has 0 aliphatic rings. The van der Waals surface area contributed by atoms with E-state index in [1.807, 2.05) is 132 Å². The van der Waals surface area contributed by atoms with Crippen LogP contribution >= 0.6 is 0 Å². The lowest BCUT2D eigenvalue weighted by molar-refractivity contribution is -0.145. The zero-order valence-electron chi connectivity index (χ0n) is 32.2. The number of carbonyl (C=O) groups is 3. The van der Waals surface area contributed by atoms with Gasteiger partial charge >= 0.3 is 6.03 Å². The topological polar surface area (TPSA) is 127 Å². The van der Waals surface area contributed by atoms with Gasteiger partial charge in [0.05, 0.1) is 11.5 Å². The lowest BCUT2D eigenvalue weighted by Crippen LogP contribution is -2.54. The molecule has 0 aliphatic heterocycles. The highest BCUT2D eigenvalue weighted by atomic mass is 16.7. The summed E-state index contributed by atoms with van der Waals surface area (Å²) in [6.07, 6.45) is 0.0154. The highest BCUT2D eigenvalue weighted by Crippen LogP contribution is 2.29. The van der Waals surface area contributed by atoms with Crippen molar-refractivity contribution in [3.05, 3.63) is 114 Å². The average Bonchev–Trinajstić information content (AvgIpc) is 3.13.